The van der Waals surface area contributed by atoms with E-state index in [1.54, 1.807) is 18.3 Å². The number of hydrogen-bond donors (Lipinski definition) is 1. The fraction of sp³-hybridized carbons (Fsp3) is 0. The van der Waals surface area contributed by atoms with Gasteiger partial charge in [-0.05, 0) is 30.3 Å². The third-order valence-electron chi connectivity index (χ3n) is 3.38. The Hall–Kier alpha value is -2.38. The molecule has 3 aromatic heterocycles. The van der Waals surface area contributed by atoms with Crippen LogP contribution in [0.1, 0.15) is 0 Å². The normalized spacial score (nSPS) is 12.2. The second-order valence-electron chi connectivity index (χ2n) is 4.72. The monoisotopic (exact) mass is 333 g/mol. The number of aromatic amines is 1. The molecule has 0 unspecified atom stereocenters. The summed E-state index contributed by atoms with van der Waals surface area (Å²) < 4.78 is 30.6. The number of aromatic nitrogens is 3. The van der Waals surface area contributed by atoms with Crippen LogP contribution < -0.4 is 0 Å². The molecule has 0 atom stereocenters. The Balaban J connectivity index is 2.00. The lowest BCUT2D eigenvalue weighted by Crippen LogP contribution is -2.03. The molecule has 0 amide bonds. The Morgan fingerprint density at radius 2 is 2.00 bits per heavy atom. The van der Waals surface area contributed by atoms with Gasteiger partial charge in [0.15, 0.2) is 0 Å². The average Bonchev–Trinajstić information content (AvgIpc) is 3.13. The van der Waals surface area contributed by atoms with Gasteiger partial charge in [-0.15, -0.1) is 0 Å². The van der Waals surface area contributed by atoms with Crippen LogP contribution in [0.25, 0.3) is 21.9 Å². The SMILES string of the molecule is O=S(=O)(c1ccc2nocc2c1)c1cc(Cl)nc2cc[nH]c12. The molecule has 8 heteroatoms. The molecule has 0 aliphatic carbocycles. The van der Waals surface area contributed by atoms with Gasteiger partial charge in [-0.2, -0.15) is 0 Å². The van der Waals surface area contributed by atoms with Crippen LogP contribution in [0.5, 0.6) is 0 Å². The molecule has 3 heterocycles. The number of hydrogen-bond acceptors (Lipinski definition) is 5. The summed E-state index contributed by atoms with van der Waals surface area (Å²) in [6.07, 6.45) is 3.02. The minimum absolute atomic E-state index is 0.0864. The molecule has 0 spiro atoms. The van der Waals surface area contributed by atoms with Crippen molar-refractivity contribution < 1.29 is 12.9 Å². The number of rotatable bonds is 2. The van der Waals surface area contributed by atoms with Crippen LogP contribution in [0.2, 0.25) is 5.15 Å². The minimum atomic E-state index is -3.75. The van der Waals surface area contributed by atoms with Gasteiger partial charge in [0, 0.05) is 11.6 Å². The largest absolute Gasteiger partial charge is 0.364 e. The zero-order valence-electron chi connectivity index (χ0n) is 10.9. The summed E-state index contributed by atoms with van der Waals surface area (Å²) in [6, 6.07) is 7.62. The summed E-state index contributed by atoms with van der Waals surface area (Å²) in [7, 11) is -3.75. The van der Waals surface area contributed by atoms with E-state index in [1.807, 2.05) is 0 Å². The molecular formula is C14H8ClN3O3S. The highest BCUT2D eigenvalue weighted by Gasteiger charge is 2.23. The second-order valence-corrected chi connectivity index (χ2v) is 7.02. The van der Waals surface area contributed by atoms with Crippen molar-refractivity contribution in [3.8, 4) is 0 Å². The predicted octanol–water partition coefficient (Wildman–Crippen LogP) is 3.19. The predicted molar refractivity (Wildman–Crippen MR) is 80.6 cm³/mol. The molecule has 6 nitrogen and oxygen atoms in total. The number of halogens is 1. The fourth-order valence-electron chi connectivity index (χ4n) is 2.34. The standard InChI is InChI=1S/C14H8ClN3O3S/c15-13-6-12(14-11(17-13)3-4-16-14)22(19,20)9-1-2-10-8(5-9)7-21-18-10/h1-7,16H. The zero-order valence-corrected chi connectivity index (χ0v) is 12.5. The van der Waals surface area contributed by atoms with E-state index in [2.05, 4.69) is 15.1 Å². The van der Waals surface area contributed by atoms with E-state index in [0.29, 0.717) is 21.9 Å². The van der Waals surface area contributed by atoms with Crippen molar-refractivity contribution in [2.75, 3.05) is 0 Å². The highest BCUT2D eigenvalue weighted by molar-refractivity contribution is 7.91. The number of H-pyrrole nitrogens is 1. The van der Waals surface area contributed by atoms with Gasteiger partial charge in [-0.1, -0.05) is 16.8 Å². The summed E-state index contributed by atoms with van der Waals surface area (Å²) in [4.78, 5) is 7.21. The summed E-state index contributed by atoms with van der Waals surface area (Å²) in [5.74, 6) is 0. The van der Waals surface area contributed by atoms with Gasteiger partial charge >= 0.3 is 0 Å². The Labute approximate surface area is 129 Å². The van der Waals surface area contributed by atoms with Crippen LogP contribution in [0.15, 0.2) is 57.1 Å². The highest BCUT2D eigenvalue weighted by Crippen LogP contribution is 2.30. The molecule has 0 saturated carbocycles. The Kier molecular flexibility index (Phi) is 2.75. The van der Waals surface area contributed by atoms with Gasteiger partial charge in [-0.3, -0.25) is 0 Å². The van der Waals surface area contributed by atoms with Crippen LogP contribution in [0.3, 0.4) is 0 Å². The maximum Gasteiger partial charge on any atom is 0.208 e. The quantitative estimate of drug-likeness (QED) is 0.569. The number of fused-ring (bicyclic) bond motifs is 2. The van der Waals surface area contributed by atoms with Crippen molar-refractivity contribution >= 4 is 43.4 Å². The molecule has 0 aliphatic heterocycles. The van der Waals surface area contributed by atoms with Gasteiger partial charge in [0.2, 0.25) is 9.84 Å². The Bertz CT molecular complexity index is 1110. The van der Waals surface area contributed by atoms with E-state index < -0.39 is 9.84 Å². The van der Waals surface area contributed by atoms with E-state index in [1.165, 1.54) is 24.5 Å². The number of pyridine rings is 1. The van der Waals surface area contributed by atoms with Gasteiger partial charge in [0.25, 0.3) is 0 Å². The lowest BCUT2D eigenvalue weighted by atomic mass is 10.3. The first-order valence-electron chi connectivity index (χ1n) is 6.28. The Morgan fingerprint density at radius 1 is 1.14 bits per heavy atom. The van der Waals surface area contributed by atoms with E-state index in [9.17, 15) is 8.42 Å². The third-order valence-corrected chi connectivity index (χ3v) is 5.35. The minimum Gasteiger partial charge on any atom is -0.364 e. The molecule has 4 rings (SSSR count). The van der Waals surface area contributed by atoms with Gasteiger partial charge in [0.05, 0.1) is 15.9 Å². The topological polar surface area (TPSA) is 88.8 Å². The van der Waals surface area contributed by atoms with Crippen molar-refractivity contribution in [2.24, 2.45) is 0 Å². The number of nitrogens with one attached hydrogen (secondary N) is 1. The van der Waals surface area contributed by atoms with Crippen LogP contribution >= 0.6 is 11.6 Å². The Morgan fingerprint density at radius 3 is 2.86 bits per heavy atom. The first-order valence-corrected chi connectivity index (χ1v) is 8.15. The van der Waals surface area contributed by atoms with E-state index in [-0.39, 0.29) is 14.9 Å². The van der Waals surface area contributed by atoms with Gasteiger partial charge in [-0.25, -0.2) is 13.4 Å². The molecule has 0 fully saturated rings. The first kappa shape index (κ1) is 13.3. The molecule has 1 aromatic carbocycles. The molecule has 0 aliphatic rings. The summed E-state index contributed by atoms with van der Waals surface area (Å²) >= 11 is 5.94. The van der Waals surface area contributed by atoms with Crippen molar-refractivity contribution in [1.82, 2.24) is 15.1 Å². The lowest BCUT2D eigenvalue weighted by molar-refractivity contribution is 0.428. The smallest absolute Gasteiger partial charge is 0.208 e. The van der Waals surface area contributed by atoms with Crippen molar-refractivity contribution in [3.63, 3.8) is 0 Å². The van der Waals surface area contributed by atoms with Crippen LogP contribution in [-0.4, -0.2) is 23.5 Å². The van der Waals surface area contributed by atoms with E-state index in [4.69, 9.17) is 16.1 Å². The molecule has 22 heavy (non-hydrogen) atoms. The third kappa shape index (κ3) is 1.90. The van der Waals surface area contributed by atoms with Crippen LogP contribution in [-0.2, 0) is 9.84 Å². The van der Waals surface area contributed by atoms with Crippen molar-refractivity contribution in [1.29, 1.82) is 0 Å². The summed E-state index contributed by atoms with van der Waals surface area (Å²) in [5, 5.41) is 4.50. The molecule has 110 valence electrons. The number of sulfone groups is 1. The number of nitrogens with zero attached hydrogens (tertiary/aromatic N) is 2. The van der Waals surface area contributed by atoms with Crippen molar-refractivity contribution in [3.05, 3.63) is 47.9 Å². The molecule has 0 saturated heterocycles. The number of benzene rings is 1. The summed E-state index contributed by atoms with van der Waals surface area (Å²) in [5.41, 5.74) is 1.52. The summed E-state index contributed by atoms with van der Waals surface area (Å²) in [6.45, 7) is 0. The second kappa shape index (κ2) is 4.56. The molecule has 0 bridgehead atoms. The zero-order chi connectivity index (χ0) is 15.3. The van der Waals surface area contributed by atoms with Crippen molar-refractivity contribution in [2.45, 2.75) is 9.79 Å². The molecule has 0 radical (unpaired) electrons. The van der Waals surface area contributed by atoms with Crippen LogP contribution in [0, 0.1) is 0 Å². The molecule has 4 aromatic rings. The van der Waals surface area contributed by atoms with Gasteiger partial charge < -0.3 is 9.51 Å². The average molecular weight is 334 g/mol. The van der Waals surface area contributed by atoms with Gasteiger partial charge in [0.1, 0.15) is 21.8 Å². The maximum atomic E-state index is 12.9. The highest BCUT2D eigenvalue weighted by atomic mass is 35.5. The van der Waals surface area contributed by atoms with Crippen LogP contribution in [0.4, 0.5) is 0 Å². The lowest BCUT2D eigenvalue weighted by Gasteiger charge is -2.06. The first-order chi connectivity index (χ1) is 10.6. The maximum absolute atomic E-state index is 12.9. The molecular weight excluding hydrogens is 326 g/mol. The van der Waals surface area contributed by atoms with E-state index >= 15 is 0 Å². The molecule has 1 N–H and O–H groups in total. The fourth-order valence-corrected chi connectivity index (χ4v) is 4.08. The van der Waals surface area contributed by atoms with E-state index in [0.717, 1.165) is 0 Å².